The molecule has 30 heavy (non-hydrogen) atoms. The Labute approximate surface area is 192 Å². The van der Waals surface area contributed by atoms with Gasteiger partial charge in [-0.05, 0) is 61.0 Å². The third-order valence-electron chi connectivity index (χ3n) is 4.66. The van der Waals surface area contributed by atoms with Crippen LogP contribution >= 0.6 is 46.4 Å². The van der Waals surface area contributed by atoms with E-state index in [-0.39, 0.29) is 23.5 Å². The summed E-state index contributed by atoms with van der Waals surface area (Å²) >= 11 is 24.7. The summed E-state index contributed by atoms with van der Waals surface area (Å²) < 4.78 is 12.0. The zero-order valence-electron chi connectivity index (χ0n) is 15.6. The molecule has 152 valence electrons. The van der Waals surface area contributed by atoms with Crippen LogP contribution in [-0.2, 0) is 6.61 Å². The molecule has 0 atom stereocenters. The van der Waals surface area contributed by atoms with Crippen molar-refractivity contribution in [2.24, 2.45) is 0 Å². The number of rotatable bonds is 4. The van der Waals surface area contributed by atoms with Gasteiger partial charge in [-0.1, -0.05) is 52.5 Å². The number of halogens is 4. The Morgan fingerprint density at radius 1 is 0.900 bits per heavy atom. The van der Waals surface area contributed by atoms with Crippen molar-refractivity contribution < 1.29 is 9.15 Å². The van der Waals surface area contributed by atoms with Crippen LogP contribution in [0.25, 0.3) is 22.3 Å². The van der Waals surface area contributed by atoms with E-state index in [1.165, 1.54) is 0 Å². The highest BCUT2D eigenvalue weighted by atomic mass is 35.5. The normalized spacial score (nSPS) is 11.1. The van der Waals surface area contributed by atoms with Crippen LogP contribution in [0.2, 0.25) is 20.1 Å². The molecule has 0 radical (unpaired) electrons. The van der Waals surface area contributed by atoms with Crippen molar-refractivity contribution in [3.63, 3.8) is 0 Å². The number of hydrogen-bond donors (Lipinski definition) is 0. The second kappa shape index (κ2) is 8.52. The molecule has 0 spiro atoms. The van der Waals surface area contributed by atoms with Crippen LogP contribution in [0.15, 0.2) is 63.8 Å². The number of hydrogen-bond acceptors (Lipinski definition) is 3. The first-order valence-electron chi connectivity index (χ1n) is 8.93. The van der Waals surface area contributed by atoms with E-state index in [4.69, 9.17) is 55.6 Å². The number of aryl methyl sites for hydroxylation is 1. The molecule has 0 aliphatic heterocycles. The lowest BCUT2D eigenvalue weighted by Gasteiger charge is -2.14. The van der Waals surface area contributed by atoms with Gasteiger partial charge in [0.15, 0.2) is 5.76 Å². The number of fused-ring (bicyclic) bond motifs is 1. The van der Waals surface area contributed by atoms with E-state index in [9.17, 15) is 4.79 Å². The Bertz CT molecular complexity index is 1290. The van der Waals surface area contributed by atoms with E-state index in [1.807, 2.05) is 6.92 Å². The van der Waals surface area contributed by atoms with Crippen molar-refractivity contribution in [3.05, 3.63) is 96.0 Å². The van der Waals surface area contributed by atoms with E-state index in [1.54, 1.807) is 54.6 Å². The highest BCUT2D eigenvalue weighted by molar-refractivity contribution is 6.36. The fraction of sp³-hybridized carbons (Fsp3) is 0.0870. The van der Waals surface area contributed by atoms with Crippen LogP contribution in [0.1, 0.15) is 11.1 Å². The average molecular weight is 480 g/mol. The van der Waals surface area contributed by atoms with E-state index in [0.29, 0.717) is 42.2 Å². The maximum absolute atomic E-state index is 13.3. The average Bonchev–Trinajstić information content (AvgIpc) is 2.71. The smallest absolute Gasteiger partial charge is 0.235 e. The molecule has 0 saturated carbocycles. The SMILES string of the molecule is Cc1cc2oc(-c3ccc(Cl)cc3)c(OCc3c(Cl)cccc3Cl)c(=O)c2cc1Cl. The minimum Gasteiger partial charge on any atom is -0.481 e. The third-order valence-corrected chi connectivity index (χ3v) is 6.03. The zero-order chi connectivity index (χ0) is 21.4. The Kier molecular flexibility index (Phi) is 5.99. The lowest BCUT2D eigenvalue weighted by Crippen LogP contribution is -2.11. The van der Waals surface area contributed by atoms with Crippen molar-refractivity contribution in [1.29, 1.82) is 0 Å². The lowest BCUT2D eigenvalue weighted by atomic mass is 10.1. The van der Waals surface area contributed by atoms with Gasteiger partial charge >= 0.3 is 0 Å². The first-order valence-corrected chi connectivity index (χ1v) is 10.4. The molecule has 0 aliphatic carbocycles. The van der Waals surface area contributed by atoms with Gasteiger partial charge in [-0.15, -0.1) is 0 Å². The van der Waals surface area contributed by atoms with Gasteiger partial charge in [0.25, 0.3) is 0 Å². The molecule has 1 heterocycles. The summed E-state index contributed by atoms with van der Waals surface area (Å²) in [5.41, 5.74) is 2.09. The van der Waals surface area contributed by atoms with Crippen molar-refractivity contribution in [1.82, 2.24) is 0 Å². The Morgan fingerprint density at radius 2 is 1.57 bits per heavy atom. The van der Waals surface area contributed by atoms with Crippen LogP contribution in [0.4, 0.5) is 0 Å². The molecule has 0 bridgehead atoms. The van der Waals surface area contributed by atoms with Crippen LogP contribution in [0.5, 0.6) is 5.75 Å². The van der Waals surface area contributed by atoms with Crippen LogP contribution < -0.4 is 10.2 Å². The van der Waals surface area contributed by atoms with Crippen molar-refractivity contribution in [2.75, 3.05) is 0 Å². The van der Waals surface area contributed by atoms with Crippen molar-refractivity contribution in [3.8, 4) is 17.1 Å². The number of benzene rings is 3. The first-order chi connectivity index (χ1) is 14.3. The zero-order valence-corrected chi connectivity index (χ0v) is 18.7. The fourth-order valence-corrected chi connectivity index (χ4v) is 3.83. The van der Waals surface area contributed by atoms with Gasteiger partial charge < -0.3 is 9.15 Å². The predicted octanol–water partition coefficient (Wildman–Crippen LogP) is 7.96. The Hall–Kier alpha value is -2.17. The molecule has 3 aromatic carbocycles. The van der Waals surface area contributed by atoms with Gasteiger partial charge in [-0.2, -0.15) is 0 Å². The maximum atomic E-state index is 13.3. The Morgan fingerprint density at radius 3 is 2.23 bits per heavy atom. The second-order valence-electron chi connectivity index (χ2n) is 6.68. The van der Waals surface area contributed by atoms with Crippen LogP contribution in [-0.4, -0.2) is 0 Å². The maximum Gasteiger partial charge on any atom is 0.235 e. The van der Waals surface area contributed by atoms with Gasteiger partial charge in [0, 0.05) is 31.2 Å². The summed E-state index contributed by atoms with van der Waals surface area (Å²) in [4.78, 5) is 13.3. The van der Waals surface area contributed by atoms with Gasteiger partial charge in [-0.25, -0.2) is 0 Å². The summed E-state index contributed by atoms with van der Waals surface area (Å²) in [6, 6.07) is 15.4. The number of ether oxygens (including phenoxy) is 1. The minimum absolute atomic E-state index is 0.00500. The quantitative estimate of drug-likeness (QED) is 0.298. The molecule has 0 fully saturated rings. The fourth-order valence-electron chi connectivity index (χ4n) is 3.04. The van der Waals surface area contributed by atoms with Crippen LogP contribution in [0, 0.1) is 6.92 Å². The first kappa shape index (κ1) is 21.1. The molecular weight excluding hydrogens is 466 g/mol. The summed E-state index contributed by atoms with van der Waals surface area (Å²) in [5, 5.41) is 2.24. The third kappa shape index (κ3) is 4.03. The topological polar surface area (TPSA) is 39.4 Å². The van der Waals surface area contributed by atoms with Crippen LogP contribution in [0.3, 0.4) is 0 Å². The molecule has 0 amide bonds. The standard InChI is InChI=1S/C23H14Cl4O3/c1-12-9-20-15(10-19(12)27)21(28)23(22(30-20)13-5-7-14(24)8-6-13)29-11-16-17(25)3-2-4-18(16)26/h2-10H,11H2,1H3. The van der Waals surface area contributed by atoms with E-state index in [0.717, 1.165) is 5.56 Å². The van der Waals surface area contributed by atoms with E-state index < -0.39 is 0 Å². The highest BCUT2D eigenvalue weighted by Gasteiger charge is 2.20. The monoisotopic (exact) mass is 478 g/mol. The van der Waals surface area contributed by atoms with Crippen molar-refractivity contribution in [2.45, 2.75) is 13.5 Å². The molecule has 3 nitrogen and oxygen atoms in total. The molecular formula is C23H14Cl4O3. The molecule has 1 aromatic heterocycles. The van der Waals surface area contributed by atoms with Gasteiger partial charge in [0.2, 0.25) is 11.2 Å². The van der Waals surface area contributed by atoms with E-state index in [2.05, 4.69) is 0 Å². The molecule has 4 aromatic rings. The molecule has 0 N–H and O–H groups in total. The largest absolute Gasteiger partial charge is 0.481 e. The summed E-state index contributed by atoms with van der Waals surface area (Å²) in [5.74, 6) is 0.329. The molecule has 4 rings (SSSR count). The Balaban J connectivity index is 1.90. The predicted molar refractivity (Wildman–Crippen MR) is 123 cm³/mol. The molecule has 0 saturated heterocycles. The van der Waals surface area contributed by atoms with E-state index >= 15 is 0 Å². The molecule has 0 aliphatic rings. The summed E-state index contributed by atoms with van der Waals surface area (Å²) in [6.45, 7) is 1.84. The molecule has 7 heteroatoms. The van der Waals surface area contributed by atoms with Gasteiger partial charge in [0.1, 0.15) is 12.2 Å². The highest BCUT2D eigenvalue weighted by Crippen LogP contribution is 2.34. The van der Waals surface area contributed by atoms with Crippen molar-refractivity contribution >= 4 is 57.4 Å². The summed E-state index contributed by atoms with van der Waals surface area (Å²) in [7, 11) is 0. The summed E-state index contributed by atoms with van der Waals surface area (Å²) in [6.07, 6.45) is 0. The van der Waals surface area contributed by atoms with Gasteiger partial charge in [-0.3, -0.25) is 4.79 Å². The minimum atomic E-state index is -0.341. The lowest BCUT2D eigenvalue weighted by molar-refractivity contribution is 0.298. The second-order valence-corrected chi connectivity index (χ2v) is 8.34. The molecule has 0 unspecified atom stereocenters. The van der Waals surface area contributed by atoms with Gasteiger partial charge in [0.05, 0.1) is 5.39 Å².